The maximum Gasteiger partial charge on any atom is 0.124 e. The number of aliphatic hydroxyl groups is 1. The van der Waals surface area contributed by atoms with Crippen molar-refractivity contribution in [1.29, 1.82) is 0 Å². The quantitative estimate of drug-likeness (QED) is 0.796. The first-order valence-electron chi connectivity index (χ1n) is 8.34. The Kier molecular flexibility index (Phi) is 7.15. The van der Waals surface area contributed by atoms with Gasteiger partial charge >= 0.3 is 0 Å². The SMILES string of the molecule is COc1ccc(OC)c(COC[C@@H](O)CN2CCCC[C@@H]2C)c1. The van der Waals surface area contributed by atoms with Gasteiger partial charge in [-0.1, -0.05) is 6.42 Å². The van der Waals surface area contributed by atoms with Crippen LogP contribution in [-0.2, 0) is 11.3 Å². The number of nitrogens with zero attached hydrogens (tertiary/aromatic N) is 1. The first-order valence-corrected chi connectivity index (χ1v) is 8.34. The molecule has 1 aromatic rings. The zero-order chi connectivity index (χ0) is 16.7. The number of piperidine rings is 1. The predicted octanol–water partition coefficient (Wildman–Crippen LogP) is 2.46. The summed E-state index contributed by atoms with van der Waals surface area (Å²) in [5.41, 5.74) is 0.922. The summed E-state index contributed by atoms with van der Waals surface area (Å²) in [5.74, 6) is 1.54. The van der Waals surface area contributed by atoms with Crippen molar-refractivity contribution in [3.8, 4) is 11.5 Å². The topological polar surface area (TPSA) is 51.2 Å². The summed E-state index contributed by atoms with van der Waals surface area (Å²) in [4.78, 5) is 2.35. The molecular weight excluding hydrogens is 294 g/mol. The van der Waals surface area contributed by atoms with Crippen molar-refractivity contribution in [3.63, 3.8) is 0 Å². The molecule has 1 aliphatic rings. The molecule has 0 aliphatic carbocycles. The zero-order valence-electron chi connectivity index (χ0n) is 14.5. The number of hydrogen-bond acceptors (Lipinski definition) is 5. The van der Waals surface area contributed by atoms with Crippen LogP contribution in [-0.4, -0.2) is 56.1 Å². The van der Waals surface area contributed by atoms with Crippen LogP contribution in [0.1, 0.15) is 31.7 Å². The van der Waals surface area contributed by atoms with Gasteiger partial charge < -0.3 is 19.3 Å². The van der Waals surface area contributed by atoms with E-state index in [1.165, 1.54) is 19.3 Å². The number of ether oxygens (including phenoxy) is 3. The monoisotopic (exact) mass is 323 g/mol. The van der Waals surface area contributed by atoms with Gasteiger partial charge in [0.05, 0.1) is 33.5 Å². The second kappa shape index (κ2) is 9.11. The summed E-state index contributed by atoms with van der Waals surface area (Å²) in [7, 11) is 3.27. The Labute approximate surface area is 139 Å². The summed E-state index contributed by atoms with van der Waals surface area (Å²) < 4.78 is 16.2. The fourth-order valence-electron chi connectivity index (χ4n) is 3.05. The van der Waals surface area contributed by atoms with Crippen LogP contribution in [0.4, 0.5) is 0 Å². The van der Waals surface area contributed by atoms with E-state index in [2.05, 4.69) is 11.8 Å². The van der Waals surface area contributed by atoms with Crippen molar-refractivity contribution >= 4 is 0 Å². The van der Waals surface area contributed by atoms with Crippen molar-refractivity contribution in [2.24, 2.45) is 0 Å². The molecule has 0 radical (unpaired) electrons. The molecule has 5 nitrogen and oxygen atoms in total. The summed E-state index contributed by atoms with van der Waals surface area (Å²) >= 11 is 0. The van der Waals surface area contributed by atoms with E-state index in [9.17, 15) is 5.11 Å². The highest BCUT2D eigenvalue weighted by molar-refractivity contribution is 5.39. The third-order valence-electron chi connectivity index (χ3n) is 4.44. The summed E-state index contributed by atoms with van der Waals surface area (Å²) in [6.07, 6.45) is 3.26. The molecule has 0 saturated carbocycles. The second-order valence-corrected chi connectivity index (χ2v) is 6.19. The van der Waals surface area contributed by atoms with Gasteiger partial charge in [-0.25, -0.2) is 0 Å². The van der Waals surface area contributed by atoms with Crippen LogP contribution in [0.2, 0.25) is 0 Å². The molecule has 23 heavy (non-hydrogen) atoms. The first kappa shape index (κ1) is 18.0. The molecule has 1 heterocycles. The Morgan fingerprint density at radius 1 is 1.26 bits per heavy atom. The van der Waals surface area contributed by atoms with E-state index in [0.717, 1.165) is 23.6 Å². The Bertz CT molecular complexity index is 480. The maximum absolute atomic E-state index is 10.2. The van der Waals surface area contributed by atoms with Crippen molar-refractivity contribution in [2.45, 2.75) is 44.9 Å². The molecular formula is C18H29NO4. The highest BCUT2D eigenvalue weighted by Gasteiger charge is 2.20. The number of hydrogen-bond donors (Lipinski definition) is 1. The van der Waals surface area contributed by atoms with Gasteiger partial charge in [0.15, 0.2) is 0 Å². The van der Waals surface area contributed by atoms with E-state index in [1.807, 2.05) is 18.2 Å². The third kappa shape index (κ3) is 5.37. The van der Waals surface area contributed by atoms with E-state index in [4.69, 9.17) is 14.2 Å². The van der Waals surface area contributed by atoms with E-state index in [1.54, 1.807) is 14.2 Å². The Morgan fingerprint density at radius 2 is 2.09 bits per heavy atom. The molecule has 0 unspecified atom stereocenters. The fraction of sp³-hybridized carbons (Fsp3) is 0.667. The largest absolute Gasteiger partial charge is 0.497 e. The van der Waals surface area contributed by atoms with E-state index < -0.39 is 6.10 Å². The van der Waals surface area contributed by atoms with Gasteiger partial charge in [0.25, 0.3) is 0 Å². The lowest BCUT2D eigenvalue weighted by molar-refractivity contribution is -0.00180. The molecule has 1 fully saturated rings. The molecule has 1 aliphatic heterocycles. The van der Waals surface area contributed by atoms with Gasteiger partial charge in [-0.3, -0.25) is 4.90 Å². The third-order valence-corrected chi connectivity index (χ3v) is 4.44. The van der Waals surface area contributed by atoms with Crippen LogP contribution in [0, 0.1) is 0 Å². The molecule has 5 heteroatoms. The molecule has 0 aromatic heterocycles. The molecule has 1 aromatic carbocycles. The Hall–Kier alpha value is -1.30. The van der Waals surface area contributed by atoms with Crippen LogP contribution in [0.3, 0.4) is 0 Å². The lowest BCUT2D eigenvalue weighted by atomic mass is 10.0. The summed E-state index contributed by atoms with van der Waals surface area (Å²) in [6, 6.07) is 6.17. The van der Waals surface area contributed by atoms with E-state index >= 15 is 0 Å². The fourth-order valence-corrected chi connectivity index (χ4v) is 3.05. The smallest absolute Gasteiger partial charge is 0.124 e. The van der Waals surface area contributed by atoms with Crippen molar-refractivity contribution in [2.75, 3.05) is 33.9 Å². The minimum absolute atomic E-state index is 0.323. The van der Waals surface area contributed by atoms with Crippen LogP contribution >= 0.6 is 0 Å². The Balaban J connectivity index is 1.79. The standard InChI is InChI=1S/C18H29NO4/c1-14-6-4-5-9-19(14)11-16(20)13-23-12-15-10-17(21-2)7-8-18(15)22-3/h7-8,10,14,16,20H,4-6,9,11-13H2,1-3H3/t14-,16-/m0/s1. The van der Waals surface area contributed by atoms with E-state index in [0.29, 0.717) is 25.8 Å². The molecule has 0 spiro atoms. The van der Waals surface area contributed by atoms with Crippen LogP contribution < -0.4 is 9.47 Å². The van der Waals surface area contributed by atoms with Gasteiger partial charge in [-0.15, -0.1) is 0 Å². The van der Waals surface area contributed by atoms with Gasteiger partial charge in [0, 0.05) is 18.2 Å². The number of benzene rings is 1. The van der Waals surface area contributed by atoms with Gasteiger partial charge in [-0.05, 0) is 44.5 Å². The number of methoxy groups -OCH3 is 2. The average Bonchev–Trinajstić information content (AvgIpc) is 2.57. The number of likely N-dealkylation sites (tertiary alicyclic amines) is 1. The van der Waals surface area contributed by atoms with Crippen LogP contribution in [0.15, 0.2) is 18.2 Å². The van der Waals surface area contributed by atoms with Crippen LogP contribution in [0.25, 0.3) is 0 Å². The van der Waals surface area contributed by atoms with Gasteiger partial charge in [-0.2, -0.15) is 0 Å². The summed E-state index contributed by atoms with van der Waals surface area (Å²) in [6.45, 7) is 4.70. The predicted molar refractivity (Wildman–Crippen MR) is 90.1 cm³/mol. The van der Waals surface area contributed by atoms with Gasteiger partial charge in [0.2, 0.25) is 0 Å². The highest BCUT2D eigenvalue weighted by Crippen LogP contribution is 2.24. The lowest BCUT2D eigenvalue weighted by Crippen LogP contribution is -2.43. The number of rotatable bonds is 8. The highest BCUT2D eigenvalue weighted by atomic mass is 16.5. The molecule has 0 bridgehead atoms. The molecule has 2 atom stereocenters. The zero-order valence-corrected chi connectivity index (χ0v) is 14.5. The van der Waals surface area contributed by atoms with Crippen molar-refractivity contribution < 1.29 is 19.3 Å². The number of β-amino-alcohol motifs (C(OH)–C–C–N with tert-alkyl or cyclic N) is 1. The lowest BCUT2D eigenvalue weighted by Gasteiger charge is -2.34. The second-order valence-electron chi connectivity index (χ2n) is 6.19. The Morgan fingerprint density at radius 3 is 2.78 bits per heavy atom. The normalized spacial score (nSPS) is 20.3. The maximum atomic E-state index is 10.2. The van der Waals surface area contributed by atoms with Gasteiger partial charge in [0.1, 0.15) is 11.5 Å². The minimum atomic E-state index is -0.466. The van der Waals surface area contributed by atoms with Crippen LogP contribution in [0.5, 0.6) is 11.5 Å². The van der Waals surface area contributed by atoms with Crippen molar-refractivity contribution in [3.05, 3.63) is 23.8 Å². The molecule has 2 rings (SSSR count). The average molecular weight is 323 g/mol. The van der Waals surface area contributed by atoms with Crippen molar-refractivity contribution in [1.82, 2.24) is 4.90 Å². The minimum Gasteiger partial charge on any atom is -0.497 e. The molecule has 130 valence electrons. The molecule has 1 N–H and O–H groups in total. The molecule has 0 amide bonds. The summed E-state index contributed by atoms with van der Waals surface area (Å²) in [5, 5.41) is 10.2. The number of aliphatic hydroxyl groups excluding tert-OH is 1. The first-order chi connectivity index (χ1) is 11.1. The van der Waals surface area contributed by atoms with E-state index in [-0.39, 0.29) is 0 Å². The molecule has 1 saturated heterocycles.